The van der Waals surface area contributed by atoms with Crippen molar-refractivity contribution < 1.29 is 13.9 Å². The van der Waals surface area contributed by atoms with E-state index in [-0.39, 0.29) is 17.8 Å². The van der Waals surface area contributed by atoms with E-state index in [4.69, 9.17) is 4.74 Å². The van der Waals surface area contributed by atoms with Crippen molar-refractivity contribution in [2.24, 2.45) is 0 Å². The molecule has 1 unspecified atom stereocenters. The molecule has 134 valence electrons. The van der Waals surface area contributed by atoms with Gasteiger partial charge in [0.05, 0.1) is 13.2 Å². The van der Waals surface area contributed by atoms with Gasteiger partial charge in [0.25, 0.3) is 5.91 Å². The molecule has 0 fully saturated rings. The third-order valence-electron chi connectivity index (χ3n) is 4.12. The Hall–Kier alpha value is -3.15. The van der Waals surface area contributed by atoms with E-state index in [1.165, 1.54) is 12.1 Å². The van der Waals surface area contributed by atoms with Crippen LogP contribution in [0.15, 0.2) is 54.6 Å². The van der Waals surface area contributed by atoms with Gasteiger partial charge in [-0.3, -0.25) is 9.89 Å². The fraction of sp³-hybridized carbons (Fsp3) is 0.200. The van der Waals surface area contributed by atoms with Gasteiger partial charge in [0.1, 0.15) is 17.3 Å². The summed E-state index contributed by atoms with van der Waals surface area (Å²) < 4.78 is 18.4. The van der Waals surface area contributed by atoms with Gasteiger partial charge in [-0.05, 0) is 54.8 Å². The Kier molecular flexibility index (Phi) is 5.31. The van der Waals surface area contributed by atoms with Crippen molar-refractivity contribution in [2.45, 2.75) is 19.4 Å². The van der Waals surface area contributed by atoms with Gasteiger partial charge in [-0.1, -0.05) is 24.3 Å². The first-order chi connectivity index (χ1) is 12.5. The zero-order valence-corrected chi connectivity index (χ0v) is 14.6. The molecule has 5 nitrogen and oxygen atoms in total. The lowest BCUT2D eigenvalue weighted by atomic mass is 9.98. The molecule has 1 aromatic heterocycles. The first-order valence-electron chi connectivity index (χ1n) is 8.26. The van der Waals surface area contributed by atoms with Crippen LogP contribution in [0.1, 0.15) is 33.4 Å². The molecule has 0 aliphatic heterocycles. The van der Waals surface area contributed by atoms with Gasteiger partial charge in [0.15, 0.2) is 0 Å². The average molecular weight is 353 g/mol. The standard InChI is InChI=1S/C20H20FN3O2/c1-13-11-19(24-23-13)20(25)22-18(12-14-3-7-16(21)8-4-14)15-5-9-17(26-2)10-6-15/h3-11,18H,12H2,1-2H3,(H,22,25)(H,23,24). The summed E-state index contributed by atoms with van der Waals surface area (Å²) in [5.74, 6) is 0.187. The number of hydrogen-bond donors (Lipinski definition) is 2. The summed E-state index contributed by atoms with van der Waals surface area (Å²) in [6.07, 6.45) is 0.530. The van der Waals surface area contributed by atoms with Crippen LogP contribution in [0.4, 0.5) is 4.39 Å². The maximum atomic E-state index is 13.2. The highest BCUT2D eigenvalue weighted by Crippen LogP contribution is 2.22. The van der Waals surface area contributed by atoms with Crippen molar-refractivity contribution in [3.05, 3.63) is 82.9 Å². The van der Waals surface area contributed by atoms with E-state index in [0.717, 1.165) is 22.6 Å². The fourth-order valence-corrected chi connectivity index (χ4v) is 2.71. The molecule has 3 rings (SSSR count). The number of carbonyl (C=O) groups is 1. The molecule has 2 aromatic carbocycles. The maximum absolute atomic E-state index is 13.2. The Morgan fingerprint density at radius 1 is 1.19 bits per heavy atom. The SMILES string of the molecule is COc1ccc(C(Cc2ccc(F)cc2)NC(=O)c2cc(C)[nH]n2)cc1. The maximum Gasteiger partial charge on any atom is 0.272 e. The highest BCUT2D eigenvalue weighted by atomic mass is 19.1. The lowest BCUT2D eigenvalue weighted by molar-refractivity contribution is 0.0931. The number of H-pyrrole nitrogens is 1. The number of hydrogen-bond acceptors (Lipinski definition) is 3. The zero-order chi connectivity index (χ0) is 18.5. The summed E-state index contributed by atoms with van der Waals surface area (Å²) in [5, 5.41) is 9.77. The molecular formula is C20H20FN3O2. The lowest BCUT2D eigenvalue weighted by Gasteiger charge is -2.19. The molecule has 0 radical (unpaired) electrons. The number of nitrogens with zero attached hydrogens (tertiary/aromatic N) is 1. The summed E-state index contributed by atoms with van der Waals surface area (Å²) in [6, 6.07) is 15.2. The van der Waals surface area contributed by atoms with Gasteiger partial charge in [-0.25, -0.2) is 4.39 Å². The van der Waals surface area contributed by atoms with Crippen LogP contribution >= 0.6 is 0 Å². The largest absolute Gasteiger partial charge is 0.497 e. The molecule has 3 aromatic rings. The number of aromatic amines is 1. The number of aromatic nitrogens is 2. The van der Waals surface area contributed by atoms with E-state index in [1.807, 2.05) is 31.2 Å². The molecule has 1 amide bonds. The van der Waals surface area contributed by atoms with E-state index >= 15 is 0 Å². The molecule has 0 bridgehead atoms. The second-order valence-electron chi connectivity index (χ2n) is 6.07. The molecule has 6 heteroatoms. The number of benzene rings is 2. The molecule has 1 atom stereocenters. The minimum absolute atomic E-state index is 0.266. The van der Waals surface area contributed by atoms with Gasteiger partial charge in [0, 0.05) is 5.69 Å². The van der Waals surface area contributed by atoms with Crippen molar-refractivity contribution in [1.82, 2.24) is 15.5 Å². The Balaban J connectivity index is 1.84. The highest BCUT2D eigenvalue weighted by molar-refractivity contribution is 5.92. The molecule has 0 aliphatic rings. The van der Waals surface area contributed by atoms with Gasteiger partial charge >= 0.3 is 0 Å². The fourth-order valence-electron chi connectivity index (χ4n) is 2.71. The van der Waals surface area contributed by atoms with Crippen LogP contribution in [0.25, 0.3) is 0 Å². The second kappa shape index (κ2) is 7.82. The van der Waals surface area contributed by atoms with Crippen molar-refractivity contribution in [3.8, 4) is 5.75 Å². The van der Waals surface area contributed by atoms with Gasteiger partial charge in [-0.2, -0.15) is 5.10 Å². The molecule has 1 heterocycles. The van der Waals surface area contributed by atoms with E-state index < -0.39 is 0 Å². The normalized spacial score (nSPS) is 11.8. The predicted molar refractivity (Wildman–Crippen MR) is 96.6 cm³/mol. The number of aryl methyl sites for hydroxylation is 1. The molecule has 2 N–H and O–H groups in total. The summed E-state index contributed by atoms with van der Waals surface area (Å²) in [5.41, 5.74) is 3.00. The number of rotatable bonds is 6. The summed E-state index contributed by atoms with van der Waals surface area (Å²) in [4.78, 5) is 12.5. The average Bonchev–Trinajstić information content (AvgIpc) is 3.09. The smallest absolute Gasteiger partial charge is 0.272 e. The van der Waals surface area contributed by atoms with Crippen LogP contribution < -0.4 is 10.1 Å². The number of methoxy groups -OCH3 is 1. The van der Waals surface area contributed by atoms with Crippen LogP contribution in [-0.4, -0.2) is 23.2 Å². The van der Waals surface area contributed by atoms with Gasteiger partial charge in [0.2, 0.25) is 0 Å². The third kappa shape index (κ3) is 4.27. The Morgan fingerprint density at radius 3 is 2.46 bits per heavy atom. The second-order valence-corrected chi connectivity index (χ2v) is 6.07. The van der Waals surface area contributed by atoms with Crippen LogP contribution in [0.5, 0.6) is 5.75 Å². The van der Waals surface area contributed by atoms with Gasteiger partial charge < -0.3 is 10.1 Å². The summed E-state index contributed by atoms with van der Waals surface area (Å²) in [7, 11) is 1.60. The number of amides is 1. The monoisotopic (exact) mass is 353 g/mol. The quantitative estimate of drug-likeness (QED) is 0.712. The van der Waals surface area contributed by atoms with E-state index in [9.17, 15) is 9.18 Å². The molecule has 26 heavy (non-hydrogen) atoms. The van der Waals surface area contributed by atoms with Crippen LogP contribution in [0, 0.1) is 12.7 Å². The third-order valence-corrected chi connectivity index (χ3v) is 4.12. The molecular weight excluding hydrogens is 333 g/mol. The minimum atomic E-state index is -0.286. The molecule has 0 saturated heterocycles. The lowest BCUT2D eigenvalue weighted by Crippen LogP contribution is -2.30. The van der Waals surface area contributed by atoms with Gasteiger partial charge in [-0.15, -0.1) is 0 Å². The minimum Gasteiger partial charge on any atom is -0.497 e. The summed E-state index contributed by atoms with van der Waals surface area (Å²) >= 11 is 0. The summed E-state index contributed by atoms with van der Waals surface area (Å²) in [6.45, 7) is 1.84. The molecule has 0 saturated carbocycles. The number of carbonyl (C=O) groups excluding carboxylic acids is 1. The van der Waals surface area contributed by atoms with Crippen molar-refractivity contribution >= 4 is 5.91 Å². The first kappa shape index (κ1) is 17.7. The van der Waals surface area contributed by atoms with Crippen molar-refractivity contribution in [1.29, 1.82) is 0 Å². The number of ether oxygens (including phenoxy) is 1. The number of halogens is 1. The Morgan fingerprint density at radius 2 is 1.88 bits per heavy atom. The van der Waals surface area contributed by atoms with Crippen molar-refractivity contribution in [2.75, 3.05) is 7.11 Å². The van der Waals surface area contributed by atoms with Crippen LogP contribution in [-0.2, 0) is 6.42 Å². The first-order valence-corrected chi connectivity index (χ1v) is 8.26. The van der Waals surface area contributed by atoms with Crippen LogP contribution in [0.3, 0.4) is 0 Å². The van der Waals surface area contributed by atoms with Crippen molar-refractivity contribution in [3.63, 3.8) is 0 Å². The van der Waals surface area contributed by atoms with E-state index in [2.05, 4.69) is 15.5 Å². The van der Waals surface area contributed by atoms with E-state index in [1.54, 1.807) is 25.3 Å². The molecule has 0 spiro atoms. The van der Waals surface area contributed by atoms with E-state index in [0.29, 0.717) is 12.1 Å². The van der Waals surface area contributed by atoms with Crippen LogP contribution in [0.2, 0.25) is 0 Å². The number of nitrogens with one attached hydrogen (secondary N) is 2. The topological polar surface area (TPSA) is 67.0 Å². The zero-order valence-electron chi connectivity index (χ0n) is 14.6. The Bertz CT molecular complexity index is 873. The highest BCUT2D eigenvalue weighted by Gasteiger charge is 2.18. The predicted octanol–water partition coefficient (Wildman–Crippen LogP) is 3.58. The molecule has 0 aliphatic carbocycles. The Labute approximate surface area is 151 Å².